The number of ether oxygens (including phenoxy) is 1. The van der Waals surface area contributed by atoms with Crippen molar-refractivity contribution in [3.63, 3.8) is 0 Å². The molecule has 3 aromatic carbocycles. The SMILES string of the molecule is COc1ccccc1-c1c(NC(=O)c2ccccc2C)n(C)c2ccccc2c1=O. The smallest absolute Gasteiger partial charge is 0.257 e. The van der Waals surface area contributed by atoms with Gasteiger partial charge in [-0.15, -0.1) is 0 Å². The zero-order valence-electron chi connectivity index (χ0n) is 17.1. The van der Waals surface area contributed by atoms with Crippen molar-refractivity contribution in [2.75, 3.05) is 12.4 Å². The van der Waals surface area contributed by atoms with E-state index in [4.69, 9.17) is 4.74 Å². The maximum atomic E-state index is 13.5. The molecule has 0 aliphatic heterocycles. The fourth-order valence-electron chi connectivity index (χ4n) is 3.74. The van der Waals surface area contributed by atoms with Gasteiger partial charge in [0.2, 0.25) is 0 Å². The van der Waals surface area contributed by atoms with Crippen LogP contribution in [-0.2, 0) is 7.05 Å². The predicted molar refractivity (Wildman–Crippen MR) is 120 cm³/mol. The third-order valence-electron chi connectivity index (χ3n) is 5.31. The van der Waals surface area contributed by atoms with Crippen molar-refractivity contribution in [2.45, 2.75) is 6.92 Å². The lowest BCUT2D eigenvalue weighted by molar-refractivity contribution is 0.102. The summed E-state index contributed by atoms with van der Waals surface area (Å²) in [6.45, 7) is 1.88. The molecule has 5 heteroatoms. The molecule has 0 fully saturated rings. The zero-order chi connectivity index (χ0) is 21.3. The molecule has 4 aromatic rings. The minimum atomic E-state index is -0.269. The van der Waals surface area contributed by atoms with Gasteiger partial charge in [0.15, 0.2) is 5.43 Å². The third-order valence-corrected chi connectivity index (χ3v) is 5.31. The maximum Gasteiger partial charge on any atom is 0.257 e. The van der Waals surface area contributed by atoms with Gasteiger partial charge in [0.25, 0.3) is 5.91 Å². The molecular weight excluding hydrogens is 376 g/mol. The van der Waals surface area contributed by atoms with Gasteiger partial charge in [-0.1, -0.05) is 48.5 Å². The molecule has 30 heavy (non-hydrogen) atoms. The van der Waals surface area contributed by atoms with E-state index in [1.54, 1.807) is 25.3 Å². The van der Waals surface area contributed by atoms with Crippen LogP contribution in [0.2, 0.25) is 0 Å². The first-order chi connectivity index (χ1) is 14.5. The number of hydrogen-bond acceptors (Lipinski definition) is 3. The van der Waals surface area contributed by atoms with Crippen LogP contribution < -0.4 is 15.5 Å². The molecule has 5 nitrogen and oxygen atoms in total. The molecule has 1 aromatic heterocycles. The molecule has 0 radical (unpaired) electrons. The minimum Gasteiger partial charge on any atom is -0.496 e. The molecule has 0 aliphatic rings. The van der Waals surface area contributed by atoms with Gasteiger partial charge in [-0.25, -0.2) is 0 Å². The van der Waals surface area contributed by atoms with Crippen LogP contribution in [0.4, 0.5) is 5.82 Å². The van der Waals surface area contributed by atoms with E-state index in [1.807, 2.05) is 73.1 Å². The number of pyridine rings is 1. The number of nitrogens with one attached hydrogen (secondary N) is 1. The highest BCUT2D eigenvalue weighted by Crippen LogP contribution is 2.34. The van der Waals surface area contributed by atoms with Crippen LogP contribution in [0.5, 0.6) is 5.75 Å². The molecule has 0 saturated heterocycles. The highest BCUT2D eigenvalue weighted by molar-refractivity contribution is 6.07. The van der Waals surface area contributed by atoms with E-state index in [-0.39, 0.29) is 11.3 Å². The van der Waals surface area contributed by atoms with Crippen molar-refractivity contribution in [1.82, 2.24) is 4.57 Å². The summed E-state index contributed by atoms with van der Waals surface area (Å²) in [6.07, 6.45) is 0. The molecule has 1 amide bonds. The van der Waals surface area contributed by atoms with Crippen LogP contribution >= 0.6 is 0 Å². The first-order valence-corrected chi connectivity index (χ1v) is 9.65. The molecule has 1 heterocycles. The maximum absolute atomic E-state index is 13.5. The van der Waals surface area contributed by atoms with Crippen molar-refractivity contribution < 1.29 is 9.53 Å². The van der Waals surface area contributed by atoms with E-state index in [2.05, 4.69) is 5.32 Å². The first kappa shape index (κ1) is 19.5. The second-order valence-electron chi connectivity index (χ2n) is 7.10. The van der Waals surface area contributed by atoms with E-state index < -0.39 is 0 Å². The normalized spacial score (nSPS) is 10.8. The number of para-hydroxylation sites is 2. The van der Waals surface area contributed by atoms with Crippen molar-refractivity contribution in [1.29, 1.82) is 0 Å². The monoisotopic (exact) mass is 398 g/mol. The Labute approximate surface area is 174 Å². The summed E-state index contributed by atoms with van der Waals surface area (Å²) < 4.78 is 7.35. The van der Waals surface area contributed by atoms with Crippen molar-refractivity contribution in [2.24, 2.45) is 7.05 Å². The molecule has 0 saturated carbocycles. The number of nitrogens with zero attached hydrogens (tertiary/aromatic N) is 1. The molecule has 0 spiro atoms. The Balaban J connectivity index is 2.00. The van der Waals surface area contributed by atoms with Gasteiger partial charge in [-0.2, -0.15) is 0 Å². The fraction of sp³-hybridized carbons (Fsp3) is 0.120. The lowest BCUT2D eigenvalue weighted by Crippen LogP contribution is -2.22. The Morgan fingerprint density at radius 1 is 0.933 bits per heavy atom. The lowest BCUT2D eigenvalue weighted by atomic mass is 10.0. The highest BCUT2D eigenvalue weighted by atomic mass is 16.5. The fourth-order valence-corrected chi connectivity index (χ4v) is 3.74. The number of rotatable bonds is 4. The summed E-state index contributed by atoms with van der Waals surface area (Å²) >= 11 is 0. The summed E-state index contributed by atoms with van der Waals surface area (Å²) in [5.41, 5.74) is 3.03. The molecule has 0 atom stereocenters. The van der Waals surface area contributed by atoms with Crippen molar-refractivity contribution >= 4 is 22.6 Å². The largest absolute Gasteiger partial charge is 0.496 e. The number of carbonyl (C=O) groups is 1. The van der Waals surface area contributed by atoms with Crippen molar-refractivity contribution in [3.05, 3.63) is 94.1 Å². The van der Waals surface area contributed by atoms with Gasteiger partial charge in [-0.05, 0) is 36.8 Å². The van der Waals surface area contributed by atoms with Gasteiger partial charge >= 0.3 is 0 Å². The second kappa shape index (κ2) is 7.87. The zero-order valence-corrected chi connectivity index (χ0v) is 17.1. The average Bonchev–Trinajstić information content (AvgIpc) is 2.77. The standard InChI is InChI=1S/C25H22N2O3/c1-16-10-4-5-11-17(16)25(29)26-24-22(19-13-7-9-15-21(19)30-3)23(28)18-12-6-8-14-20(18)27(24)2/h4-15H,1-3H3,(H,26,29). The summed E-state index contributed by atoms with van der Waals surface area (Å²) in [5.74, 6) is 0.724. The Hall–Kier alpha value is -3.86. The number of aryl methyl sites for hydroxylation is 2. The number of amides is 1. The number of anilines is 1. The summed E-state index contributed by atoms with van der Waals surface area (Å²) in [6, 6.07) is 22.1. The second-order valence-corrected chi connectivity index (χ2v) is 7.10. The van der Waals surface area contributed by atoms with E-state index in [9.17, 15) is 9.59 Å². The Bertz CT molecular complexity index is 1320. The van der Waals surface area contributed by atoms with E-state index in [0.29, 0.717) is 33.6 Å². The van der Waals surface area contributed by atoms with Gasteiger partial charge < -0.3 is 14.6 Å². The molecule has 150 valence electrons. The number of aromatic nitrogens is 1. The van der Waals surface area contributed by atoms with E-state index in [0.717, 1.165) is 11.1 Å². The van der Waals surface area contributed by atoms with Crippen LogP contribution in [0.3, 0.4) is 0 Å². The number of hydrogen-bond donors (Lipinski definition) is 1. The third kappa shape index (κ3) is 3.24. The Morgan fingerprint density at radius 2 is 1.60 bits per heavy atom. The number of carbonyl (C=O) groups excluding carboxylic acids is 1. The summed E-state index contributed by atoms with van der Waals surface area (Å²) in [4.78, 5) is 26.6. The van der Waals surface area contributed by atoms with Gasteiger partial charge in [0.1, 0.15) is 11.6 Å². The topological polar surface area (TPSA) is 60.3 Å². The van der Waals surface area contributed by atoms with Crippen LogP contribution in [-0.4, -0.2) is 17.6 Å². The van der Waals surface area contributed by atoms with Crippen LogP contribution in [0.15, 0.2) is 77.6 Å². The van der Waals surface area contributed by atoms with Gasteiger partial charge in [0, 0.05) is 23.6 Å². The predicted octanol–water partition coefficient (Wildman–Crippen LogP) is 4.77. The number of methoxy groups -OCH3 is 1. The van der Waals surface area contributed by atoms with Crippen LogP contribution in [0.25, 0.3) is 22.0 Å². The van der Waals surface area contributed by atoms with E-state index >= 15 is 0 Å². The molecule has 1 N–H and O–H groups in total. The molecule has 0 aliphatic carbocycles. The lowest BCUT2D eigenvalue weighted by Gasteiger charge is -2.19. The molecule has 0 unspecified atom stereocenters. The van der Waals surface area contributed by atoms with Crippen LogP contribution in [0, 0.1) is 6.92 Å². The van der Waals surface area contributed by atoms with Gasteiger partial charge in [-0.3, -0.25) is 9.59 Å². The summed E-state index contributed by atoms with van der Waals surface area (Å²) in [7, 11) is 3.41. The first-order valence-electron chi connectivity index (χ1n) is 9.65. The highest BCUT2D eigenvalue weighted by Gasteiger charge is 2.21. The average molecular weight is 398 g/mol. The Kier molecular flexibility index (Phi) is 5.11. The molecule has 4 rings (SSSR count). The van der Waals surface area contributed by atoms with Crippen molar-refractivity contribution in [3.8, 4) is 16.9 Å². The molecule has 0 bridgehead atoms. The van der Waals surface area contributed by atoms with Gasteiger partial charge in [0.05, 0.1) is 18.2 Å². The van der Waals surface area contributed by atoms with Crippen LogP contribution in [0.1, 0.15) is 15.9 Å². The number of benzene rings is 3. The quantitative estimate of drug-likeness (QED) is 0.538. The number of fused-ring (bicyclic) bond motifs is 1. The molecular formula is C25H22N2O3. The Morgan fingerprint density at radius 3 is 2.37 bits per heavy atom. The minimum absolute atomic E-state index is 0.159. The summed E-state index contributed by atoms with van der Waals surface area (Å²) in [5, 5.41) is 3.57. The van der Waals surface area contributed by atoms with E-state index in [1.165, 1.54) is 0 Å².